The third-order valence-corrected chi connectivity index (χ3v) is 4.33. The summed E-state index contributed by atoms with van der Waals surface area (Å²) in [6.07, 6.45) is 0.305. The van der Waals surface area contributed by atoms with Crippen molar-refractivity contribution in [1.82, 2.24) is 4.90 Å². The van der Waals surface area contributed by atoms with E-state index in [2.05, 4.69) is 0 Å². The Morgan fingerprint density at radius 2 is 1.70 bits per heavy atom. The first kappa shape index (κ1) is 17.6. The highest BCUT2D eigenvalue weighted by atomic mass is 35.5. The summed E-state index contributed by atoms with van der Waals surface area (Å²) < 4.78 is 5.35. The van der Waals surface area contributed by atoms with Crippen LogP contribution in [0.25, 0.3) is 0 Å². The Labute approximate surface area is 141 Å². The number of amides is 1. The van der Waals surface area contributed by atoms with Gasteiger partial charge in [-0.1, -0.05) is 23.7 Å². The van der Waals surface area contributed by atoms with E-state index in [0.29, 0.717) is 31.0 Å². The maximum absolute atomic E-state index is 12.1. The number of hydrogen-bond donors (Lipinski definition) is 1. The van der Waals surface area contributed by atoms with Gasteiger partial charge in [-0.05, 0) is 51.3 Å². The lowest BCUT2D eigenvalue weighted by atomic mass is 9.73. The van der Waals surface area contributed by atoms with Gasteiger partial charge >= 0.3 is 12.1 Å². The molecule has 6 heteroatoms. The number of hydrogen-bond acceptors (Lipinski definition) is 3. The SMILES string of the molecule is CC(C)(C)OC(=O)N1CCC(C(=O)O)(c2ccc(Cl)cc2)CC1. The van der Waals surface area contributed by atoms with E-state index in [-0.39, 0.29) is 0 Å². The third kappa shape index (κ3) is 3.96. The largest absolute Gasteiger partial charge is 0.481 e. The van der Waals surface area contributed by atoms with Gasteiger partial charge in [-0.2, -0.15) is 0 Å². The van der Waals surface area contributed by atoms with Crippen LogP contribution < -0.4 is 0 Å². The summed E-state index contributed by atoms with van der Waals surface area (Å²) in [5.74, 6) is -0.872. The van der Waals surface area contributed by atoms with E-state index in [1.807, 2.05) is 20.8 Å². The standard InChI is InChI=1S/C17H22ClNO4/c1-16(2,3)23-15(22)19-10-8-17(9-11-19,14(20)21)12-4-6-13(18)7-5-12/h4-7H,8-11H2,1-3H3,(H,20,21). The highest BCUT2D eigenvalue weighted by Gasteiger charge is 2.44. The van der Waals surface area contributed by atoms with Gasteiger partial charge in [0.25, 0.3) is 0 Å². The van der Waals surface area contributed by atoms with Crippen LogP contribution in [-0.4, -0.2) is 40.8 Å². The molecule has 0 saturated carbocycles. The predicted octanol–water partition coefficient (Wildman–Crippen LogP) is 3.69. The Hall–Kier alpha value is -1.75. The number of carboxylic acid groups (broad SMARTS) is 1. The number of carbonyl (C=O) groups excluding carboxylic acids is 1. The maximum atomic E-state index is 12.1. The molecule has 1 N–H and O–H groups in total. The molecule has 0 radical (unpaired) electrons. The van der Waals surface area contributed by atoms with Gasteiger partial charge in [0.2, 0.25) is 0 Å². The maximum Gasteiger partial charge on any atom is 0.410 e. The van der Waals surface area contributed by atoms with Crippen LogP contribution in [0.5, 0.6) is 0 Å². The van der Waals surface area contributed by atoms with Crippen LogP contribution in [0.1, 0.15) is 39.2 Å². The van der Waals surface area contributed by atoms with Crippen molar-refractivity contribution in [2.24, 2.45) is 0 Å². The molecular formula is C17H22ClNO4. The minimum atomic E-state index is -0.983. The number of piperidine rings is 1. The summed E-state index contributed by atoms with van der Waals surface area (Å²) in [6.45, 7) is 6.13. The van der Waals surface area contributed by atoms with Crippen molar-refractivity contribution in [2.45, 2.75) is 44.6 Å². The van der Waals surface area contributed by atoms with Crippen molar-refractivity contribution < 1.29 is 19.4 Å². The average molecular weight is 340 g/mol. The fourth-order valence-electron chi connectivity index (χ4n) is 2.79. The molecule has 0 atom stereocenters. The van der Waals surface area contributed by atoms with Crippen molar-refractivity contribution >= 4 is 23.7 Å². The molecule has 23 heavy (non-hydrogen) atoms. The monoisotopic (exact) mass is 339 g/mol. The van der Waals surface area contributed by atoms with Gasteiger partial charge in [0, 0.05) is 18.1 Å². The molecule has 0 aliphatic carbocycles. The number of aliphatic carboxylic acids is 1. The van der Waals surface area contributed by atoms with Crippen molar-refractivity contribution in [3.63, 3.8) is 0 Å². The van der Waals surface area contributed by atoms with Crippen LogP contribution in [0, 0.1) is 0 Å². The van der Waals surface area contributed by atoms with Gasteiger partial charge in [0.15, 0.2) is 0 Å². The van der Waals surface area contributed by atoms with Crippen molar-refractivity contribution in [3.05, 3.63) is 34.9 Å². The number of carboxylic acids is 1. The zero-order valence-electron chi connectivity index (χ0n) is 13.6. The van der Waals surface area contributed by atoms with Gasteiger partial charge in [0.05, 0.1) is 5.41 Å². The summed E-state index contributed by atoms with van der Waals surface area (Å²) in [7, 11) is 0. The first-order valence-electron chi connectivity index (χ1n) is 7.61. The quantitative estimate of drug-likeness (QED) is 0.892. The first-order chi connectivity index (χ1) is 10.6. The molecule has 5 nitrogen and oxygen atoms in total. The second-order valence-corrected chi connectivity index (χ2v) is 7.30. The van der Waals surface area contributed by atoms with Gasteiger partial charge in [-0.3, -0.25) is 4.79 Å². The topological polar surface area (TPSA) is 66.8 Å². The van der Waals surface area contributed by atoms with Crippen molar-refractivity contribution in [2.75, 3.05) is 13.1 Å². The van der Waals surface area contributed by atoms with Crippen molar-refractivity contribution in [3.8, 4) is 0 Å². The summed E-state index contributed by atoms with van der Waals surface area (Å²) >= 11 is 5.88. The van der Waals surface area contributed by atoms with Crippen LogP contribution in [0.3, 0.4) is 0 Å². The molecule has 1 saturated heterocycles. The minimum Gasteiger partial charge on any atom is -0.481 e. The fraction of sp³-hybridized carbons (Fsp3) is 0.529. The lowest BCUT2D eigenvalue weighted by molar-refractivity contribution is -0.146. The van der Waals surface area contributed by atoms with E-state index in [0.717, 1.165) is 5.56 Å². The zero-order chi connectivity index (χ0) is 17.3. The number of carbonyl (C=O) groups is 2. The Morgan fingerprint density at radius 1 is 1.17 bits per heavy atom. The molecule has 1 aromatic carbocycles. The number of ether oxygens (including phenoxy) is 1. The minimum absolute atomic E-state index is 0.350. The van der Waals surface area contributed by atoms with Gasteiger partial charge in [0.1, 0.15) is 5.60 Å². The molecule has 1 aliphatic heterocycles. The summed E-state index contributed by atoms with van der Waals surface area (Å²) in [6, 6.07) is 6.89. The highest BCUT2D eigenvalue weighted by molar-refractivity contribution is 6.30. The molecule has 1 heterocycles. The average Bonchev–Trinajstić information content (AvgIpc) is 2.46. The van der Waals surface area contributed by atoms with Crippen LogP contribution in [0.2, 0.25) is 5.02 Å². The summed E-state index contributed by atoms with van der Waals surface area (Å²) in [4.78, 5) is 25.6. The van der Waals surface area contributed by atoms with E-state index in [1.54, 1.807) is 29.2 Å². The number of rotatable bonds is 2. The highest BCUT2D eigenvalue weighted by Crippen LogP contribution is 2.36. The lowest BCUT2D eigenvalue weighted by Gasteiger charge is -2.39. The predicted molar refractivity (Wildman–Crippen MR) is 87.8 cm³/mol. The van der Waals surface area contributed by atoms with Crippen LogP contribution in [-0.2, 0) is 14.9 Å². The molecule has 0 spiro atoms. The molecule has 1 fully saturated rings. The van der Waals surface area contributed by atoms with E-state index in [4.69, 9.17) is 16.3 Å². The Kier molecular flexibility index (Phi) is 4.90. The Balaban J connectivity index is 2.14. The summed E-state index contributed by atoms with van der Waals surface area (Å²) in [5.41, 5.74) is -0.823. The van der Waals surface area contributed by atoms with Crippen LogP contribution in [0.4, 0.5) is 4.79 Å². The van der Waals surface area contributed by atoms with Crippen LogP contribution in [0.15, 0.2) is 24.3 Å². The van der Waals surface area contributed by atoms with E-state index in [9.17, 15) is 14.7 Å². The molecule has 0 aromatic heterocycles. The number of benzene rings is 1. The first-order valence-corrected chi connectivity index (χ1v) is 7.99. The van der Waals surface area contributed by atoms with Gasteiger partial charge in [-0.15, -0.1) is 0 Å². The third-order valence-electron chi connectivity index (χ3n) is 4.07. The molecule has 126 valence electrons. The lowest BCUT2D eigenvalue weighted by Crippen LogP contribution is -2.50. The van der Waals surface area contributed by atoms with Gasteiger partial charge < -0.3 is 14.7 Å². The second kappa shape index (κ2) is 6.40. The molecule has 0 bridgehead atoms. The summed E-state index contributed by atoms with van der Waals surface area (Å²) in [5, 5.41) is 10.3. The number of halogens is 1. The number of likely N-dealkylation sites (tertiary alicyclic amines) is 1. The molecule has 1 amide bonds. The van der Waals surface area contributed by atoms with Crippen molar-refractivity contribution in [1.29, 1.82) is 0 Å². The second-order valence-electron chi connectivity index (χ2n) is 6.86. The molecule has 2 rings (SSSR count). The molecule has 0 unspecified atom stereocenters. The molecule has 1 aliphatic rings. The van der Waals surface area contributed by atoms with E-state index >= 15 is 0 Å². The zero-order valence-corrected chi connectivity index (χ0v) is 14.4. The molecule has 1 aromatic rings. The van der Waals surface area contributed by atoms with E-state index in [1.165, 1.54) is 0 Å². The van der Waals surface area contributed by atoms with Gasteiger partial charge in [-0.25, -0.2) is 4.79 Å². The fourth-order valence-corrected chi connectivity index (χ4v) is 2.92. The Morgan fingerprint density at radius 3 is 2.13 bits per heavy atom. The Bertz CT molecular complexity index is 584. The smallest absolute Gasteiger partial charge is 0.410 e. The normalized spacial score (nSPS) is 17.7. The van der Waals surface area contributed by atoms with E-state index < -0.39 is 23.1 Å². The molecular weight excluding hydrogens is 318 g/mol. The van der Waals surface area contributed by atoms with Crippen LogP contribution >= 0.6 is 11.6 Å². The number of nitrogens with zero attached hydrogens (tertiary/aromatic N) is 1.